The number of nitrogens with zero attached hydrogens (tertiary/aromatic N) is 2. The molecule has 1 fully saturated rings. The maximum atomic E-state index is 14.1. The van der Waals surface area contributed by atoms with E-state index in [1.807, 2.05) is 13.8 Å². The highest BCUT2D eigenvalue weighted by molar-refractivity contribution is 7.15. The first-order valence-electron chi connectivity index (χ1n) is 9.21. The molecule has 1 N–H and O–H groups in total. The summed E-state index contributed by atoms with van der Waals surface area (Å²) in [7, 11) is 0. The molecule has 6 heteroatoms. The molecule has 0 saturated carbocycles. The number of piperidine rings is 1. The third-order valence-electron chi connectivity index (χ3n) is 4.90. The molecule has 2 atom stereocenters. The predicted octanol–water partition coefficient (Wildman–Crippen LogP) is 3.92. The number of halogens is 1. The molecule has 0 bridgehead atoms. The van der Waals surface area contributed by atoms with Crippen LogP contribution in [0.3, 0.4) is 0 Å². The fourth-order valence-electron chi connectivity index (χ4n) is 3.53. The molecular weight excluding hydrogens is 361 g/mol. The van der Waals surface area contributed by atoms with E-state index in [0.29, 0.717) is 17.1 Å². The summed E-state index contributed by atoms with van der Waals surface area (Å²) in [4.78, 5) is 20.3. The highest BCUT2D eigenvalue weighted by atomic mass is 32.1. The van der Waals surface area contributed by atoms with Crippen LogP contribution < -0.4 is 5.32 Å². The highest BCUT2D eigenvalue weighted by Gasteiger charge is 2.29. The Morgan fingerprint density at radius 1 is 1.48 bits per heavy atom. The molecule has 1 saturated heterocycles. The second-order valence-corrected chi connectivity index (χ2v) is 7.90. The molecule has 1 aromatic heterocycles. The van der Waals surface area contributed by atoms with Gasteiger partial charge in [-0.1, -0.05) is 24.5 Å². The number of likely N-dealkylation sites (tertiary alicyclic amines) is 1. The topological polar surface area (TPSA) is 45.2 Å². The number of terminal acetylenes is 1. The monoisotopic (exact) mass is 385 g/mol. The largest absolute Gasteiger partial charge is 0.347 e. The number of carbonyl (C=O) groups excluding carboxylic acids is 1. The molecule has 142 valence electrons. The van der Waals surface area contributed by atoms with Gasteiger partial charge >= 0.3 is 0 Å². The van der Waals surface area contributed by atoms with Crippen LogP contribution >= 0.6 is 11.3 Å². The van der Waals surface area contributed by atoms with Gasteiger partial charge in [0, 0.05) is 5.56 Å². The lowest BCUT2D eigenvalue weighted by molar-refractivity contribution is -0.128. The Hall–Kier alpha value is -2.23. The summed E-state index contributed by atoms with van der Waals surface area (Å²) in [5, 5.41) is 3.73. The van der Waals surface area contributed by atoms with Gasteiger partial charge in [-0.3, -0.25) is 9.69 Å². The molecule has 27 heavy (non-hydrogen) atoms. The fraction of sp³-hybridized carbons (Fsp3) is 0.429. The minimum Gasteiger partial charge on any atom is -0.347 e. The second kappa shape index (κ2) is 8.64. The first-order valence-corrected chi connectivity index (χ1v) is 10.0. The lowest BCUT2D eigenvalue weighted by Crippen LogP contribution is -2.49. The van der Waals surface area contributed by atoms with Gasteiger partial charge in [0.2, 0.25) is 5.91 Å². The highest BCUT2D eigenvalue weighted by Crippen LogP contribution is 2.33. The summed E-state index contributed by atoms with van der Waals surface area (Å²) in [6, 6.07) is 6.24. The van der Waals surface area contributed by atoms with Gasteiger partial charge in [-0.05, 0) is 45.4 Å². The van der Waals surface area contributed by atoms with Gasteiger partial charge in [0.1, 0.15) is 10.8 Å². The Balaban J connectivity index is 1.74. The third-order valence-corrected chi connectivity index (χ3v) is 6.27. The van der Waals surface area contributed by atoms with Gasteiger partial charge in [0.25, 0.3) is 0 Å². The fourth-order valence-corrected chi connectivity index (χ4v) is 4.62. The van der Waals surface area contributed by atoms with Gasteiger partial charge < -0.3 is 5.32 Å². The maximum Gasteiger partial charge on any atom is 0.237 e. The summed E-state index contributed by atoms with van der Waals surface area (Å²) in [6.45, 7) is 5.18. The van der Waals surface area contributed by atoms with Crippen molar-refractivity contribution >= 4 is 17.2 Å². The van der Waals surface area contributed by atoms with E-state index in [9.17, 15) is 9.18 Å². The van der Waals surface area contributed by atoms with Gasteiger partial charge in [-0.2, -0.15) is 0 Å². The number of rotatable bonds is 5. The lowest BCUT2D eigenvalue weighted by Gasteiger charge is -2.33. The van der Waals surface area contributed by atoms with E-state index >= 15 is 0 Å². The molecule has 0 spiro atoms. The van der Waals surface area contributed by atoms with Crippen LogP contribution in [0, 0.1) is 25.1 Å². The number of benzene rings is 1. The normalized spacial score (nSPS) is 18.7. The molecule has 0 radical (unpaired) electrons. The van der Waals surface area contributed by atoms with E-state index in [0.717, 1.165) is 36.4 Å². The SMILES string of the molecule is C#CCN1CCCC[C@@H]1C(=O)N[C@H](C)c1sc(-c2ccccc2F)nc1C. The van der Waals surface area contributed by atoms with Gasteiger partial charge in [0.05, 0.1) is 29.2 Å². The number of amides is 1. The van der Waals surface area contributed by atoms with E-state index < -0.39 is 0 Å². The molecule has 0 unspecified atom stereocenters. The Bertz CT molecular complexity index is 857. The van der Waals surface area contributed by atoms with E-state index in [-0.39, 0.29) is 23.8 Å². The van der Waals surface area contributed by atoms with Gasteiger partial charge in [-0.25, -0.2) is 9.37 Å². The van der Waals surface area contributed by atoms with Crippen molar-refractivity contribution in [1.82, 2.24) is 15.2 Å². The molecule has 0 aliphatic carbocycles. The first kappa shape index (κ1) is 19.5. The summed E-state index contributed by atoms with van der Waals surface area (Å²) in [5.41, 5.74) is 1.30. The van der Waals surface area contributed by atoms with Crippen LogP contribution in [0.25, 0.3) is 10.6 Å². The Morgan fingerprint density at radius 2 is 2.26 bits per heavy atom. The summed E-state index contributed by atoms with van der Waals surface area (Å²) in [5.74, 6) is 2.35. The first-order chi connectivity index (χ1) is 13.0. The van der Waals surface area contributed by atoms with Crippen LogP contribution in [0.2, 0.25) is 0 Å². The Labute approximate surface area is 163 Å². The molecule has 1 aromatic carbocycles. The second-order valence-electron chi connectivity index (χ2n) is 6.86. The zero-order valence-electron chi connectivity index (χ0n) is 15.7. The van der Waals surface area contributed by atoms with E-state index in [4.69, 9.17) is 6.42 Å². The number of thiazole rings is 1. The zero-order chi connectivity index (χ0) is 19.4. The number of hydrogen-bond acceptors (Lipinski definition) is 4. The smallest absolute Gasteiger partial charge is 0.237 e. The van der Waals surface area contributed by atoms with E-state index in [1.165, 1.54) is 17.4 Å². The van der Waals surface area contributed by atoms with Crippen molar-refractivity contribution in [1.29, 1.82) is 0 Å². The van der Waals surface area contributed by atoms with Crippen LogP contribution in [-0.2, 0) is 4.79 Å². The molecular formula is C21H24FN3OS. The number of nitrogens with one attached hydrogen (secondary N) is 1. The van der Waals surface area contributed by atoms with Crippen LogP contribution in [-0.4, -0.2) is 34.9 Å². The predicted molar refractivity (Wildman–Crippen MR) is 107 cm³/mol. The summed E-state index contributed by atoms with van der Waals surface area (Å²) < 4.78 is 14.1. The molecule has 1 aliphatic heterocycles. The molecule has 3 rings (SSSR count). The van der Waals surface area contributed by atoms with E-state index in [2.05, 4.69) is 21.1 Å². The maximum absolute atomic E-state index is 14.1. The van der Waals surface area contributed by atoms with Crippen molar-refractivity contribution in [2.24, 2.45) is 0 Å². The van der Waals surface area contributed by atoms with Gasteiger partial charge in [0.15, 0.2) is 0 Å². The molecule has 2 heterocycles. The Kier molecular flexibility index (Phi) is 6.25. The molecule has 1 aliphatic rings. The van der Waals surface area contributed by atoms with Crippen molar-refractivity contribution in [3.63, 3.8) is 0 Å². The van der Waals surface area contributed by atoms with Crippen LogP contribution in [0.5, 0.6) is 0 Å². The van der Waals surface area contributed by atoms with Gasteiger partial charge in [-0.15, -0.1) is 17.8 Å². The number of hydrogen-bond donors (Lipinski definition) is 1. The van der Waals surface area contributed by atoms with Crippen molar-refractivity contribution in [3.8, 4) is 22.9 Å². The molecule has 2 aromatic rings. The van der Waals surface area contributed by atoms with Crippen LogP contribution in [0.1, 0.15) is 42.8 Å². The van der Waals surface area contributed by atoms with Crippen LogP contribution in [0.4, 0.5) is 4.39 Å². The average Bonchev–Trinajstić information content (AvgIpc) is 3.04. The third kappa shape index (κ3) is 4.37. The number of carbonyl (C=O) groups is 1. The molecule has 1 amide bonds. The van der Waals surface area contributed by atoms with Crippen molar-refractivity contribution in [3.05, 3.63) is 40.7 Å². The van der Waals surface area contributed by atoms with E-state index in [1.54, 1.807) is 18.2 Å². The number of aromatic nitrogens is 1. The van der Waals surface area contributed by atoms with Crippen molar-refractivity contribution in [2.45, 2.75) is 45.2 Å². The molecule has 4 nitrogen and oxygen atoms in total. The summed E-state index contributed by atoms with van der Waals surface area (Å²) >= 11 is 1.42. The van der Waals surface area contributed by atoms with Crippen LogP contribution in [0.15, 0.2) is 24.3 Å². The standard InChI is InChI=1S/C21H24FN3OS/c1-4-12-25-13-8-7-11-18(25)20(26)23-14(2)19-15(3)24-21(27-19)16-9-5-6-10-17(16)22/h1,5-6,9-10,14,18H,7-8,11-13H2,2-3H3,(H,23,26)/t14-,18-/m1/s1. The summed E-state index contributed by atoms with van der Waals surface area (Å²) in [6.07, 6.45) is 8.37. The Morgan fingerprint density at radius 3 is 3.00 bits per heavy atom. The quantitative estimate of drug-likeness (QED) is 0.794. The zero-order valence-corrected chi connectivity index (χ0v) is 16.5. The van der Waals surface area contributed by atoms with Crippen molar-refractivity contribution in [2.75, 3.05) is 13.1 Å². The average molecular weight is 386 g/mol. The number of aryl methyl sites for hydroxylation is 1. The lowest BCUT2D eigenvalue weighted by atomic mass is 10.0. The van der Waals surface area contributed by atoms with Crippen molar-refractivity contribution < 1.29 is 9.18 Å². The minimum atomic E-state index is -0.290. The minimum absolute atomic E-state index is 0.00214.